The van der Waals surface area contributed by atoms with Crippen molar-refractivity contribution in [1.82, 2.24) is 14.9 Å². The zero-order chi connectivity index (χ0) is 21.5. The highest BCUT2D eigenvalue weighted by molar-refractivity contribution is 8.18. The number of amidine groups is 1. The number of amides is 2. The van der Waals surface area contributed by atoms with Gasteiger partial charge in [0.1, 0.15) is 0 Å². The van der Waals surface area contributed by atoms with Gasteiger partial charge in [-0.1, -0.05) is 30.3 Å². The van der Waals surface area contributed by atoms with Gasteiger partial charge in [-0.05, 0) is 47.2 Å². The van der Waals surface area contributed by atoms with E-state index in [0.29, 0.717) is 28.8 Å². The number of aliphatic imine (C=N–C) groups is 1. The number of carbonyl (C=O) groups is 2. The highest BCUT2D eigenvalue weighted by Gasteiger charge is 2.34. The van der Waals surface area contributed by atoms with E-state index in [1.165, 1.54) is 17.8 Å². The van der Waals surface area contributed by atoms with E-state index < -0.39 is 0 Å². The maximum Gasteiger partial charge on any atom is 0.267 e. The van der Waals surface area contributed by atoms with Crippen LogP contribution in [-0.2, 0) is 22.7 Å². The van der Waals surface area contributed by atoms with E-state index in [2.05, 4.69) is 20.3 Å². The molecular weight excluding hydrogens is 410 g/mol. The molecule has 0 aliphatic carbocycles. The van der Waals surface area contributed by atoms with E-state index in [-0.39, 0.29) is 11.8 Å². The summed E-state index contributed by atoms with van der Waals surface area (Å²) in [6, 6.07) is 16.6. The van der Waals surface area contributed by atoms with Crippen molar-refractivity contribution in [3.05, 3.63) is 101 Å². The topological polar surface area (TPSA) is 87.6 Å². The summed E-state index contributed by atoms with van der Waals surface area (Å²) in [4.78, 5) is 40.2. The standard InChI is InChI=1S/C23H19N5O2S/c29-21(27-19-8-2-1-3-9-19)12-20-22(30)28(16-18-7-5-11-25-14-18)23(31-20)26-15-17-6-4-10-24-13-17/h1-14H,15-16H2,(H,27,29)/b20-12+,26-23?. The highest BCUT2D eigenvalue weighted by atomic mass is 32.2. The fourth-order valence-electron chi connectivity index (χ4n) is 2.91. The number of rotatable bonds is 6. The molecule has 1 fully saturated rings. The second kappa shape index (κ2) is 9.82. The molecule has 3 aromatic rings. The monoisotopic (exact) mass is 429 g/mol. The van der Waals surface area contributed by atoms with Gasteiger partial charge in [0.2, 0.25) is 5.91 Å². The molecule has 2 aromatic heterocycles. The lowest BCUT2D eigenvalue weighted by Crippen LogP contribution is -2.29. The second-order valence-corrected chi connectivity index (χ2v) is 7.69. The van der Waals surface area contributed by atoms with Gasteiger partial charge >= 0.3 is 0 Å². The molecule has 154 valence electrons. The van der Waals surface area contributed by atoms with Crippen LogP contribution in [-0.4, -0.2) is 31.8 Å². The van der Waals surface area contributed by atoms with Crippen LogP contribution in [0, 0.1) is 0 Å². The van der Waals surface area contributed by atoms with Crippen LogP contribution < -0.4 is 5.32 Å². The largest absolute Gasteiger partial charge is 0.322 e. The lowest BCUT2D eigenvalue weighted by Gasteiger charge is -2.15. The Morgan fingerprint density at radius 3 is 2.39 bits per heavy atom. The number of nitrogens with one attached hydrogen (secondary N) is 1. The number of hydrogen-bond donors (Lipinski definition) is 1. The van der Waals surface area contributed by atoms with Crippen molar-refractivity contribution in [3.8, 4) is 0 Å². The first-order chi connectivity index (χ1) is 15.2. The fourth-order valence-corrected chi connectivity index (χ4v) is 3.86. The van der Waals surface area contributed by atoms with Crippen LogP contribution in [0.2, 0.25) is 0 Å². The van der Waals surface area contributed by atoms with E-state index in [0.717, 1.165) is 11.1 Å². The second-order valence-electron chi connectivity index (χ2n) is 6.68. The predicted molar refractivity (Wildman–Crippen MR) is 121 cm³/mol. The fraction of sp³-hybridized carbons (Fsp3) is 0.0870. The molecule has 0 atom stereocenters. The molecule has 0 unspecified atom stereocenters. The molecular formula is C23H19N5O2S. The Balaban J connectivity index is 1.56. The van der Waals surface area contributed by atoms with Gasteiger partial charge in [0.25, 0.3) is 5.91 Å². The SMILES string of the molecule is O=C(/C=C1/SC(=NCc2cccnc2)N(Cc2cccnc2)C1=O)Nc1ccccc1. The summed E-state index contributed by atoms with van der Waals surface area (Å²) < 4.78 is 0. The van der Waals surface area contributed by atoms with Crippen LogP contribution in [0.3, 0.4) is 0 Å². The molecule has 1 aromatic carbocycles. The number of carbonyl (C=O) groups excluding carboxylic acids is 2. The number of thioether (sulfide) groups is 1. The molecule has 1 aliphatic rings. The van der Waals surface area contributed by atoms with Gasteiger partial charge in [0.05, 0.1) is 18.0 Å². The number of aromatic nitrogens is 2. The van der Waals surface area contributed by atoms with E-state index in [9.17, 15) is 9.59 Å². The average molecular weight is 430 g/mol. The van der Waals surface area contributed by atoms with Gasteiger partial charge in [0.15, 0.2) is 5.17 Å². The normalized spacial score (nSPS) is 16.1. The lowest BCUT2D eigenvalue weighted by atomic mass is 10.2. The summed E-state index contributed by atoms with van der Waals surface area (Å²) in [6.07, 6.45) is 8.15. The summed E-state index contributed by atoms with van der Waals surface area (Å²) in [5.74, 6) is -0.626. The van der Waals surface area contributed by atoms with Gasteiger partial charge in [-0.25, -0.2) is 0 Å². The van der Waals surface area contributed by atoms with Crippen LogP contribution in [0.5, 0.6) is 0 Å². The van der Waals surface area contributed by atoms with Crippen molar-refractivity contribution >= 4 is 34.4 Å². The maximum absolute atomic E-state index is 13.1. The Hall–Kier alpha value is -3.78. The third-order valence-corrected chi connectivity index (χ3v) is 5.42. The molecule has 1 aliphatic heterocycles. The molecule has 1 saturated heterocycles. The minimum atomic E-state index is -0.364. The van der Waals surface area contributed by atoms with Crippen molar-refractivity contribution in [2.45, 2.75) is 13.1 Å². The molecule has 31 heavy (non-hydrogen) atoms. The Morgan fingerprint density at radius 2 is 1.71 bits per heavy atom. The number of anilines is 1. The zero-order valence-electron chi connectivity index (χ0n) is 16.5. The van der Waals surface area contributed by atoms with Crippen LogP contribution in [0.15, 0.2) is 95.4 Å². The number of nitrogens with zero attached hydrogens (tertiary/aromatic N) is 4. The zero-order valence-corrected chi connectivity index (χ0v) is 17.3. The molecule has 0 bridgehead atoms. The van der Waals surface area contributed by atoms with Crippen LogP contribution in [0.25, 0.3) is 0 Å². The van der Waals surface area contributed by atoms with Gasteiger partial charge in [-0.2, -0.15) is 0 Å². The number of pyridine rings is 2. The molecule has 3 heterocycles. The average Bonchev–Trinajstić information content (AvgIpc) is 3.08. The lowest BCUT2D eigenvalue weighted by molar-refractivity contribution is -0.123. The first kappa shape index (κ1) is 20.5. The molecule has 8 heteroatoms. The highest BCUT2D eigenvalue weighted by Crippen LogP contribution is 2.32. The van der Waals surface area contributed by atoms with Crippen LogP contribution in [0.1, 0.15) is 11.1 Å². The maximum atomic E-state index is 13.1. The van der Waals surface area contributed by atoms with Gasteiger partial charge in [-0.3, -0.25) is 29.4 Å². The van der Waals surface area contributed by atoms with Crippen molar-refractivity contribution in [3.63, 3.8) is 0 Å². The van der Waals surface area contributed by atoms with Gasteiger partial charge < -0.3 is 5.32 Å². The smallest absolute Gasteiger partial charge is 0.267 e. The molecule has 2 amide bonds. The Labute approximate surface area is 183 Å². The minimum absolute atomic E-state index is 0.262. The summed E-state index contributed by atoms with van der Waals surface area (Å²) in [5, 5.41) is 3.31. The van der Waals surface area contributed by atoms with Crippen molar-refractivity contribution < 1.29 is 9.59 Å². The van der Waals surface area contributed by atoms with E-state index in [1.54, 1.807) is 41.8 Å². The van der Waals surface area contributed by atoms with Crippen molar-refractivity contribution in [1.29, 1.82) is 0 Å². The van der Waals surface area contributed by atoms with Gasteiger partial charge in [-0.15, -0.1) is 0 Å². The van der Waals surface area contributed by atoms with Gasteiger partial charge in [0, 0.05) is 36.6 Å². The predicted octanol–water partition coefficient (Wildman–Crippen LogP) is 3.63. The summed E-state index contributed by atoms with van der Waals surface area (Å²) in [6.45, 7) is 0.708. The molecule has 0 saturated carbocycles. The van der Waals surface area contributed by atoms with Crippen molar-refractivity contribution in [2.75, 3.05) is 5.32 Å². The quantitative estimate of drug-likeness (QED) is 0.605. The van der Waals surface area contributed by atoms with E-state index in [1.807, 2.05) is 42.5 Å². The molecule has 0 radical (unpaired) electrons. The minimum Gasteiger partial charge on any atom is -0.322 e. The van der Waals surface area contributed by atoms with Crippen LogP contribution >= 0.6 is 11.8 Å². The van der Waals surface area contributed by atoms with Crippen LogP contribution in [0.4, 0.5) is 5.69 Å². The third kappa shape index (κ3) is 5.43. The van der Waals surface area contributed by atoms with E-state index >= 15 is 0 Å². The number of para-hydroxylation sites is 1. The summed E-state index contributed by atoms with van der Waals surface area (Å²) in [7, 11) is 0. The number of hydrogen-bond acceptors (Lipinski definition) is 6. The molecule has 7 nitrogen and oxygen atoms in total. The van der Waals surface area contributed by atoms with Crippen molar-refractivity contribution in [2.24, 2.45) is 4.99 Å². The van der Waals surface area contributed by atoms with E-state index in [4.69, 9.17) is 0 Å². The summed E-state index contributed by atoms with van der Waals surface area (Å²) in [5.41, 5.74) is 2.47. The Kier molecular flexibility index (Phi) is 6.49. The first-order valence-electron chi connectivity index (χ1n) is 9.59. The first-order valence-corrected chi connectivity index (χ1v) is 10.4. The molecule has 4 rings (SSSR count). The molecule has 0 spiro atoms. The third-order valence-electron chi connectivity index (χ3n) is 4.37. The Morgan fingerprint density at radius 1 is 1.00 bits per heavy atom. The molecule has 1 N–H and O–H groups in total. The number of benzene rings is 1. The summed E-state index contributed by atoms with van der Waals surface area (Å²) >= 11 is 1.19. The Bertz CT molecular complexity index is 1120.